The summed E-state index contributed by atoms with van der Waals surface area (Å²) in [7, 11) is 1.85. The second kappa shape index (κ2) is 11.3. The van der Waals surface area contributed by atoms with Gasteiger partial charge in [0, 0.05) is 37.6 Å². The molecule has 0 amide bonds. The van der Waals surface area contributed by atoms with Crippen molar-refractivity contribution in [3.8, 4) is 0 Å². The Morgan fingerprint density at radius 3 is 2.91 bits per heavy atom. The van der Waals surface area contributed by atoms with Crippen LogP contribution in [-0.4, -0.2) is 50.1 Å². The van der Waals surface area contributed by atoms with E-state index in [1.807, 2.05) is 18.4 Å². The third kappa shape index (κ3) is 7.39. The zero-order valence-corrected chi connectivity index (χ0v) is 17.7. The molecule has 1 aromatic rings. The third-order valence-electron chi connectivity index (χ3n) is 4.07. The Bertz CT molecular complexity index is 447. The number of nitrogens with one attached hydrogen (secondary N) is 2. The molecule has 2 rings (SSSR count). The molecule has 23 heavy (non-hydrogen) atoms. The minimum atomic E-state index is 0. The lowest BCUT2D eigenvalue weighted by Crippen LogP contribution is -2.46. The number of nitrogens with zero attached hydrogens (tertiary/aromatic N) is 2. The molecule has 1 saturated heterocycles. The summed E-state index contributed by atoms with van der Waals surface area (Å²) in [5.74, 6) is 1.66. The molecule has 0 radical (unpaired) electrons. The quantitative estimate of drug-likeness (QED) is 0.381. The summed E-state index contributed by atoms with van der Waals surface area (Å²) < 4.78 is 0. The first-order chi connectivity index (χ1) is 10.7. The molecule has 1 aliphatic heterocycles. The molecule has 1 atom stereocenters. The predicted molar refractivity (Wildman–Crippen MR) is 112 cm³/mol. The minimum absolute atomic E-state index is 0. The zero-order valence-electron chi connectivity index (χ0n) is 14.5. The smallest absolute Gasteiger partial charge is 0.191 e. The van der Waals surface area contributed by atoms with E-state index in [0.717, 1.165) is 31.4 Å². The standard InChI is InChI=1S/C17H30N4S.HI/c1-14(2)13-21-10-4-6-15(21)12-20-17(18-3)19-9-8-16-7-5-11-22-16;/h5,7,11,14-15H,4,6,8-10,12-13H2,1-3H3,(H2,18,19,20);1H/t15-;/m1./s1. The topological polar surface area (TPSA) is 39.7 Å². The van der Waals surface area contributed by atoms with E-state index in [9.17, 15) is 0 Å². The largest absolute Gasteiger partial charge is 0.356 e. The summed E-state index contributed by atoms with van der Waals surface area (Å²) in [6.07, 6.45) is 3.68. The fourth-order valence-corrected chi connectivity index (χ4v) is 3.74. The van der Waals surface area contributed by atoms with Crippen LogP contribution in [0.3, 0.4) is 0 Å². The van der Waals surface area contributed by atoms with Gasteiger partial charge in [0.05, 0.1) is 0 Å². The first-order valence-electron chi connectivity index (χ1n) is 8.40. The number of halogens is 1. The Morgan fingerprint density at radius 1 is 1.43 bits per heavy atom. The van der Waals surface area contributed by atoms with Gasteiger partial charge in [-0.1, -0.05) is 19.9 Å². The highest BCUT2D eigenvalue weighted by molar-refractivity contribution is 14.0. The maximum atomic E-state index is 4.33. The van der Waals surface area contributed by atoms with Crippen LogP contribution in [0.5, 0.6) is 0 Å². The van der Waals surface area contributed by atoms with Gasteiger partial charge in [-0.2, -0.15) is 0 Å². The molecular weight excluding hydrogens is 419 g/mol. The molecule has 2 heterocycles. The highest BCUT2D eigenvalue weighted by atomic mass is 127. The van der Waals surface area contributed by atoms with E-state index in [1.165, 1.54) is 30.8 Å². The van der Waals surface area contributed by atoms with Gasteiger partial charge in [0.15, 0.2) is 5.96 Å². The molecular formula is C17H31IN4S. The summed E-state index contributed by atoms with van der Waals surface area (Å²) in [5.41, 5.74) is 0. The van der Waals surface area contributed by atoms with Crippen molar-refractivity contribution in [1.82, 2.24) is 15.5 Å². The fraction of sp³-hybridized carbons (Fsp3) is 0.706. The second-order valence-corrected chi connectivity index (χ2v) is 7.43. The minimum Gasteiger partial charge on any atom is -0.356 e. The highest BCUT2D eigenvalue weighted by Crippen LogP contribution is 2.17. The summed E-state index contributed by atoms with van der Waals surface area (Å²) in [6.45, 7) is 8.97. The van der Waals surface area contributed by atoms with E-state index in [-0.39, 0.29) is 24.0 Å². The molecule has 1 aliphatic rings. The summed E-state index contributed by atoms with van der Waals surface area (Å²) >= 11 is 1.81. The highest BCUT2D eigenvalue weighted by Gasteiger charge is 2.24. The molecule has 0 bridgehead atoms. The lowest BCUT2D eigenvalue weighted by atomic mass is 10.1. The number of rotatable bonds is 7. The monoisotopic (exact) mass is 450 g/mol. The van der Waals surface area contributed by atoms with Gasteiger partial charge in [-0.3, -0.25) is 9.89 Å². The van der Waals surface area contributed by atoms with E-state index in [4.69, 9.17) is 0 Å². The Balaban J connectivity index is 0.00000264. The lowest BCUT2D eigenvalue weighted by Gasteiger charge is -2.27. The average molecular weight is 450 g/mol. The maximum absolute atomic E-state index is 4.33. The van der Waals surface area contributed by atoms with Crippen LogP contribution in [0.2, 0.25) is 0 Å². The SMILES string of the molecule is CN=C(NCCc1cccs1)NC[C@H]1CCCN1CC(C)C.I. The number of aliphatic imine (C=N–C) groups is 1. The molecule has 4 nitrogen and oxygen atoms in total. The van der Waals surface area contributed by atoms with Crippen molar-refractivity contribution in [2.24, 2.45) is 10.9 Å². The Hall–Kier alpha value is -0.340. The Morgan fingerprint density at radius 2 is 2.26 bits per heavy atom. The average Bonchev–Trinajstić information content (AvgIpc) is 3.14. The van der Waals surface area contributed by atoms with Crippen molar-refractivity contribution in [1.29, 1.82) is 0 Å². The molecule has 0 saturated carbocycles. The molecule has 2 N–H and O–H groups in total. The summed E-state index contributed by atoms with van der Waals surface area (Å²) in [5, 5.41) is 9.04. The Kier molecular flexibility index (Phi) is 10.1. The first-order valence-corrected chi connectivity index (χ1v) is 9.28. The molecule has 0 aromatic carbocycles. The van der Waals surface area contributed by atoms with E-state index in [2.05, 4.69) is 51.9 Å². The number of hydrogen-bond acceptors (Lipinski definition) is 3. The zero-order chi connectivity index (χ0) is 15.8. The second-order valence-electron chi connectivity index (χ2n) is 6.39. The molecule has 1 fully saturated rings. The molecule has 1 aromatic heterocycles. The van der Waals surface area contributed by atoms with Crippen LogP contribution >= 0.6 is 35.3 Å². The molecule has 6 heteroatoms. The molecule has 0 aliphatic carbocycles. The van der Waals surface area contributed by atoms with Crippen LogP contribution in [0.4, 0.5) is 0 Å². The van der Waals surface area contributed by atoms with Crippen molar-refractivity contribution in [3.05, 3.63) is 22.4 Å². The van der Waals surface area contributed by atoms with Crippen molar-refractivity contribution in [2.45, 2.75) is 39.2 Å². The number of thiophene rings is 1. The van der Waals surface area contributed by atoms with Crippen molar-refractivity contribution in [2.75, 3.05) is 33.2 Å². The third-order valence-corrected chi connectivity index (χ3v) is 5.01. The van der Waals surface area contributed by atoms with Crippen LogP contribution in [0.1, 0.15) is 31.6 Å². The van der Waals surface area contributed by atoms with E-state index >= 15 is 0 Å². The van der Waals surface area contributed by atoms with Crippen LogP contribution in [-0.2, 0) is 6.42 Å². The van der Waals surface area contributed by atoms with Gasteiger partial charge < -0.3 is 10.6 Å². The van der Waals surface area contributed by atoms with Crippen molar-refractivity contribution in [3.63, 3.8) is 0 Å². The summed E-state index contributed by atoms with van der Waals surface area (Å²) in [4.78, 5) is 8.37. The van der Waals surface area contributed by atoms with E-state index < -0.39 is 0 Å². The number of guanidine groups is 1. The van der Waals surface area contributed by atoms with Gasteiger partial charge in [0.25, 0.3) is 0 Å². The van der Waals surface area contributed by atoms with Crippen LogP contribution < -0.4 is 10.6 Å². The van der Waals surface area contributed by atoms with Crippen LogP contribution in [0.25, 0.3) is 0 Å². The fourth-order valence-electron chi connectivity index (χ4n) is 3.03. The molecule has 0 unspecified atom stereocenters. The van der Waals surface area contributed by atoms with Gasteiger partial charge in [0.2, 0.25) is 0 Å². The first kappa shape index (κ1) is 20.7. The molecule has 0 spiro atoms. The van der Waals surface area contributed by atoms with E-state index in [1.54, 1.807) is 0 Å². The van der Waals surface area contributed by atoms with Crippen LogP contribution in [0, 0.1) is 5.92 Å². The maximum Gasteiger partial charge on any atom is 0.191 e. The van der Waals surface area contributed by atoms with Crippen molar-refractivity contribution >= 4 is 41.3 Å². The predicted octanol–water partition coefficient (Wildman–Crippen LogP) is 3.19. The van der Waals surface area contributed by atoms with Gasteiger partial charge in [-0.05, 0) is 43.2 Å². The van der Waals surface area contributed by atoms with Gasteiger partial charge in [0.1, 0.15) is 0 Å². The normalized spacial score (nSPS) is 19.0. The Labute approximate surface area is 162 Å². The molecule has 132 valence electrons. The van der Waals surface area contributed by atoms with Gasteiger partial charge in [-0.15, -0.1) is 35.3 Å². The van der Waals surface area contributed by atoms with Gasteiger partial charge >= 0.3 is 0 Å². The lowest BCUT2D eigenvalue weighted by molar-refractivity contribution is 0.226. The van der Waals surface area contributed by atoms with Crippen LogP contribution in [0.15, 0.2) is 22.5 Å². The summed E-state index contributed by atoms with van der Waals surface area (Å²) in [6, 6.07) is 4.94. The number of likely N-dealkylation sites (tertiary alicyclic amines) is 1. The van der Waals surface area contributed by atoms with Gasteiger partial charge in [-0.25, -0.2) is 0 Å². The van der Waals surface area contributed by atoms with Crippen molar-refractivity contribution < 1.29 is 0 Å². The number of hydrogen-bond donors (Lipinski definition) is 2. The van der Waals surface area contributed by atoms with E-state index in [0.29, 0.717) is 6.04 Å².